The lowest BCUT2D eigenvalue weighted by Gasteiger charge is -2.31. The zero-order chi connectivity index (χ0) is 13.1. The van der Waals surface area contributed by atoms with Crippen molar-refractivity contribution in [2.75, 3.05) is 12.3 Å². The van der Waals surface area contributed by atoms with E-state index < -0.39 is 0 Å². The first-order valence-corrected chi connectivity index (χ1v) is 6.39. The number of nitrogens with two attached hydrogens (primary N) is 1. The van der Waals surface area contributed by atoms with Gasteiger partial charge in [-0.25, -0.2) is 0 Å². The minimum Gasteiger partial charge on any atom is -0.396 e. The van der Waals surface area contributed by atoms with Gasteiger partial charge in [-0.3, -0.25) is 0 Å². The van der Waals surface area contributed by atoms with Crippen LogP contribution in [0, 0.1) is 11.3 Å². The Morgan fingerprint density at radius 3 is 2.78 bits per heavy atom. The quantitative estimate of drug-likeness (QED) is 0.727. The Morgan fingerprint density at radius 2 is 2.28 bits per heavy atom. The number of nitrogen functional groups attached to an aromatic ring is 1. The summed E-state index contributed by atoms with van der Waals surface area (Å²) >= 11 is 6.00. The van der Waals surface area contributed by atoms with Gasteiger partial charge in [-0.2, -0.15) is 5.26 Å². The molecule has 96 valence electrons. The fourth-order valence-electron chi connectivity index (χ4n) is 2.05. The Balaban J connectivity index is 2.24. The summed E-state index contributed by atoms with van der Waals surface area (Å²) in [4.78, 5) is 0. The van der Waals surface area contributed by atoms with E-state index in [1.807, 2.05) is 6.07 Å². The second-order valence-corrected chi connectivity index (χ2v) is 5.01. The molecule has 0 heterocycles. The fourth-order valence-corrected chi connectivity index (χ4v) is 2.27. The van der Waals surface area contributed by atoms with Crippen molar-refractivity contribution in [1.82, 2.24) is 5.32 Å². The number of aliphatic hydroxyl groups is 1. The van der Waals surface area contributed by atoms with Crippen LogP contribution in [0.15, 0.2) is 12.1 Å². The van der Waals surface area contributed by atoms with E-state index >= 15 is 0 Å². The van der Waals surface area contributed by atoms with Crippen LogP contribution in [-0.2, 0) is 0 Å². The van der Waals surface area contributed by atoms with Crippen molar-refractivity contribution in [3.05, 3.63) is 28.3 Å². The molecule has 1 fully saturated rings. The predicted octanol–water partition coefficient (Wildman–Crippen LogP) is 1.97. The van der Waals surface area contributed by atoms with E-state index in [-0.39, 0.29) is 12.6 Å². The highest BCUT2D eigenvalue weighted by molar-refractivity contribution is 6.33. The maximum atomic E-state index is 9.45. The van der Waals surface area contributed by atoms with Gasteiger partial charge in [0.1, 0.15) is 6.07 Å². The van der Waals surface area contributed by atoms with E-state index in [0.717, 1.165) is 18.4 Å². The molecule has 1 saturated carbocycles. The number of hydrogen-bond acceptors (Lipinski definition) is 4. The summed E-state index contributed by atoms with van der Waals surface area (Å²) in [7, 11) is 0. The van der Waals surface area contributed by atoms with Crippen molar-refractivity contribution < 1.29 is 5.11 Å². The molecule has 5 heteroatoms. The van der Waals surface area contributed by atoms with Crippen LogP contribution < -0.4 is 11.1 Å². The minimum atomic E-state index is -0.194. The SMILES string of the molecule is N#Cc1cc(C(CO)NC2CCC2)cc(Cl)c1N. The average Bonchev–Trinajstić information content (AvgIpc) is 2.31. The van der Waals surface area contributed by atoms with E-state index in [2.05, 4.69) is 5.32 Å². The third-order valence-corrected chi connectivity index (χ3v) is 3.71. The summed E-state index contributed by atoms with van der Waals surface area (Å²) in [6.07, 6.45) is 3.48. The summed E-state index contributed by atoms with van der Waals surface area (Å²) in [6, 6.07) is 5.67. The van der Waals surface area contributed by atoms with Gasteiger partial charge in [0.25, 0.3) is 0 Å². The zero-order valence-electron chi connectivity index (χ0n) is 9.99. The third kappa shape index (κ3) is 2.59. The highest BCUT2D eigenvalue weighted by atomic mass is 35.5. The first-order valence-electron chi connectivity index (χ1n) is 6.01. The molecule has 4 nitrogen and oxygen atoms in total. The lowest BCUT2D eigenvalue weighted by molar-refractivity contribution is 0.209. The van der Waals surface area contributed by atoms with E-state index in [4.69, 9.17) is 22.6 Å². The van der Waals surface area contributed by atoms with E-state index in [1.54, 1.807) is 12.1 Å². The van der Waals surface area contributed by atoms with Crippen LogP contribution in [0.4, 0.5) is 5.69 Å². The van der Waals surface area contributed by atoms with Gasteiger partial charge >= 0.3 is 0 Å². The highest BCUT2D eigenvalue weighted by Gasteiger charge is 2.22. The summed E-state index contributed by atoms with van der Waals surface area (Å²) < 4.78 is 0. The van der Waals surface area contributed by atoms with Crippen molar-refractivity contribution in [3.8, 4) is 6.07 Å². The lowest BCUT2D eigenvalue weighted by Crippen LogP contribution is -2.39. The van der Waals surface area contributed by atoms with E-state index in [0.29, 0.717) is 22.3 Å². The molecule has 1 unspecified atom stereocenters. The number of halogens is 1. The van der Waals surface area contributed by atoms with Crippen LogP contribution in [0.2, 0.25) is 5.02 Å². The molecule has 1 aliphatic rings. The molecule has 1 aromatic rings. The van der Waals surface area contributed by atoms with Crippen LogP contribution in [0.5, 0.6) is 0 Å². The van der Waals surface area contributed by atoms with Crippen molar-refractivity contribution in [3.63, 3.8) is 0 Å². The smallest absolute Gasteiger partial charge is 0.101 e. The van der Waals surface area contributed by atoms with Crippen molar-refractivity contribution in [2.24, 2.45) is 0 Å². The fraction of sp³-hybridized carbons (Fsp3) is 0.462. The molecule has 0 amide bonds. The molecule has 0 bridgehead atoms. The molecule has 1 aliphatic carbocycles. The molecule has 1 atom stereocenters. The van der Waals surface area contributed by atoms with Gasteiger partial charge in [-0.05, 0) is 30.5 Å². The van der Waals surface area contributed by atoms with Crippen LogP contribution in [0.1, 0.15) is 36.4 Å². The number of nitriles is 1. The molecular formula is C13H16ClN3O. The summed E-state index contributed by atoms with van der Waals surface area (Å²) in [5, 5.41) is 22.2. The number of rotatable bonds is 4. The summed E-state index contributed by atoms with van der Waals surface area (Å²) in [6.45, 7) is -0.0262. The summed E-state index contributed by atoms with van der Waals surface area (Å²) in [5.41, 5.74) is 7.16. The maximum Gasteiger partial charge on any atom is 0.101 e. The number of benzene rings is 1. The van der Waals surface area contributed by atoms with Gasteiger partial charge in [-0.15, -0.1) is 0 Å². The van der Waals surface area contributed by atoms with Crippen LogP contribution in [0.25, 0.3) is 0 Å². The Bertz CT molecular complexity index is 480. The molecule has 1 aromatic carbocycles. The molecule has 18 heavy (non-hydrogen) atoms. The number of anilines is 1. The second kappa shape index (κ2) is 5.57. The first kappa shape index (κ1) is 13.2. The highest BCUT2D eigenvalue weighted by Crippen LogP contribution is 2.29. The number of nitrogens with one attached hydrogen (secondary N) is 1. The molecule has 0 aromatic heterocycles. The number of hydrogen-bond donors (Lipinski definition) is 3. The van der Waals surface area contributed by atoms with Crippen molar-refractivity contribution >= 4 is 17.3 Å². The standard InChI is InChI=1S/C13H16ClN3O/c14-11-5-8(4-9(6-15)13(11)16)12(7-18)17-10-2-1-3-10/h4-5,10,12,17-18H,1-3,7,16H2. The topological polar surface area (TPSA) is 82.1 Å². The van der Waals surface area contributed by atoms with Gasteiger partial charge in [0.05, 0.1) is 28.9 Å². The van der Waals surface area contributed by atoms with E-state index in [9.17, 15) is 5.11 Å². The molecule has 0 aliphatic heterocycles. The zero-order valence-corrected chi connectivity index (χ0v) is 10.7. The largest absolute Gasteiger partial charge is 0.396 e. The molecule has 0 spiro atoms. The van der Waals surface area contributed by atoms with Gasteiger partial charge in [-0.1, -0.05) is 18.0 Å². The lowest BCUT2D eigenvalue weighted by atomic mass is 9.91. The Labute approximate surface area is 111 Å². The Kier molecular flexibility index (Phi) is 4.07. The minimum absolute atomic E-state index is 0.0262. The first-order chi connectivity index (χ1) is 8.65. The van der Waals surface area contributed by atoms with Gasteiger partial charge in [0, 0.05) is 6.04 Å². The predicted molar refractivity (Wildman–Crippen MR) is 71.2 cm³/mol. The van der Waals surface area contributed by atoms with Crippen LogP contribution >= 0.6 is 11.6 Å². The van der Waals surface area contributed by atoms with E-state index in [1.165, 1.54) is 6.42 Å². The molecule has 4 N–H and O–H groups in total. The van der Waals surface area contributed by atoms with Crippen LogP contribution in [-0.4, -0.2) is 17.8 Å². The number of aliphatic hydroxyl groups excluding tert-OH is 1. The van der Waals surface area contributed by atoms with Crippen LogP contribution in [0.3, 0.4) is 0 Å². The summed E-state index contributed by atoms with van der Waals surface area (Å²) in [5.74, 6) is 0. The van der Waals surface area contributed by atoms with Crippen molar-refractivity contribution in [1.29, 1.82) is 5.26 Å². The molecule has 0 radical (unpaired) electrons. The Hall–Kier alpha value is -1.28. The Morgan fingerprint density at radius 1 is 1.56 bits per heavy atom. The van der Waals surface area contributed by atoms with Gasteiger partial charge in [0.2, 0.25) is 0 Å². The molecule has 2 rings (SSSR count). The second-order valence-electron chi connectivity index (χ2n) is 4.61. The number of nitrogens with zero attached hydrogens (tertiary/aromatic N) is 1. The molecule has 0 saturated heterocycles. The maximum absolute atomic E-state index is 9.45. The monoisotopic (exact) mass is 265 g/mol. The normalized spacial score (nSPS) is 16.9. The van der Waals surface area contributed by atoms with Gasteiger partial charge < -0.3 is 16.2 Å². The molecular weight excluding hydrogens is 250 g/mol. The third-order valence-electron chi connectivity index (χ3n) is 3.40. The van der Waals surface area contributed by atoms with Gasteiger partial charge in [0.15, 0.2) is 0 Å². The van der Waals surface area contributed by atoms with Crippen molar-refractivity contribution in [2.45, 2.75) is 31.3 Å². The average molecular weight is 266 g/mol.